The lowest BCUT2D eigenvalue weighted by Crippen LogP contribution is -2.54. The fourth-order valence-corrected chi connectivity index (χ4v) is 17.9. The van der Waals surface area contributed by atoms with Crippen LogP contribution in [0.2, 0.25) is 0 Å². The normalized spacial score (nSPS) is 14.7. The molecule has 1 atom stereocenters. The molecule has 0 saturated carbocycles. The summed E-state index contributed by atoms with van der Waals surface area (Å²) < 4.78 is 94.7. The monoisotopic (exact) mass is 1890 g/mol. The molecule has 0 radical (unpaired) electrons. The lowest BCUT2D eigenvalue weighted by atomic mass is 9.82. The van der Waals surface area contributed by atoms with Gasteiger partial charge in [-0.1, -0.05) is 149 Å². The van der Waals surface area contributed by atoms with Crippen LogP contribution in [0.5, 0.6) is 28.7 Å². The zero-order chi connectivity index (χ0) is 100. The Kier molecular flexibility index (Phi) is 36.0. The summed E-state index contributed by atoms with van der Waals surface area (Å²) in [5.74, 6) is 1.14. The van der Waals surface area contributed by atoms with Gasteiger partial charge in [-0.2, -0.15) is 13.2 Å². The molecule has 15 rings (SSSR count). The van der Waals surface area contributed by atoms with Gasteiger partial charge in [-0.15, -0.1) is 6.42 Å². The van der Waals surface area contributed by atoms with E-state index in [9.17, 15) is 51.0 Å². The molecule has 734 valence electrons. The van der Waals surface area contributed by atoms with Crippen molar-refractivity contribution in [2.75, 3.05) is 62.1 Å². The highest BCUT2D eigenvalue weighted by molar-refractivity contribution is 6.08. The van der Waals surface area contributed by atoms with E-state index in [0.717, 1.165) is 153 Å². The van der Waals surface area contributed by atoms with Crippen molar-refractivity contribution in [1.82, 2.24) is 9.97 Å². The summed E-state index contributed by atoms with van der Waals surface area (Å²) in [6.45, 7) is 23.2. The van der Waals surface area contributed by atoms with Crippen LogP contribution < -0.4 is 50.3 Å². The van der Waals surface area contributed by atoms with E-state index in [1.165, 1.54) is 140 Å². The summed E-state index contributed by atoms with van der Waals surface area (Å²) in [5.41, 5.74) is 16.3. The Morgan fingerprint density at radius 1 is 0.326 bits per heavy atom. The molecular formula is C115H138F5N7O11. The van der Waals surface area contributed by atoms with E-state index in [1.54, 1.807) is 40.8 Å². The number of anilines is 5. The molecule has 0 spiro atoms. The highest BCUT2D eigenvalue weighted by Crippen LogP contribution is 2.50. The number of rotatable bonds is 20. The van der Waals surface area contributed by atoms with Gasteiger partial charge in [0, 0.05) is 47.0 Å². The van der Waals surface area contributed by atoms with Gasteiger partial charge in [0.1, 0.15) is 34.6 Å². The van der Waals surface area contributed by atoms with Crippen LogP contribution in [0.3, 0.4) is 0 Å². The maximum absolute atomic E-state index is 13.7. The highest BCUT2D eigenvalue weighted by atomic mass is 19.4. The van der Waals surface area contributed by atoms with Gasteiger partial charge in [-0.05, 0) is 347 Å². The number of amides is 5. The predicted octanol–water partition coefficient (Wildman–Crippen LogP) is 26.5. The largest absolute Gasteiger partial charge is 0.495 e. The molecule has 5 aliphatic rings. The smallest absolute Gasteiger partial charge is 0.427 e. The third-order valence-corrected chi connectivity index (χ3v) is 27.1. The summed E-state index contributed by atoms with van der Waals surface area (Å²) in [4.78, 5) is 72.2. The third-order valence-electron chi connectivity index (χ3n) is 27.1. The second kappa shape index (κ2) is 46.8. The molecule has 138 heavy (non-hydrogen) atoms. The number of aryl methyl sites for hydroxylation is 10. The minimum absolute atomic E-state index is 0.00822. The van der Waals surface area contributed by atoms with E-state index in [1.807, 2.05) is 107 Å². The Bertz CT molecular complexity index is 5770. The third kappa shape index (κ3) is 27.1. The minimum Gasteiger partial charge on any atom is -0.495 e. The maximum Gasteiger partial charge on any atom is 0.427 e. The van der Waals surface area contributed by atoms with Crippen LogP contribution in [-0.2, 0) is 91.5 Å². The number of hydrogen-bond donors (Lipinski definition) is 6. The summed E-state index contributed by atoms with van der Waals surface area (Å²) in [7, 11) is 8.06. The zero-order valence-electron chi connectivity index (χ0n) is 83.4. The van der Waals surface area contributed by atoms with Gasteiger partial charge >= 0.3 is 6.18 Å². The van der Waals surface area contributed by atoms with Crippen LogP contribution in [0.15, 0.2) is 170 Å². The van der Waals surface area contributed by atoms with Crippen molar-refractivity contribution in [2.45, 2.75) is 289 Å². The fourth-order valence-electron chi connectivity index (χ4n) is 17.9. The van der Waals surface area contributed by atoms with Gasteiger partial charge in [-0.3, -0.25) is 24.0 Å². The summed E-state index contributed by atoms with van der Waals surface area (Å²) in [6, 6.07) is 46.9. The molecule has 1 heterocycles. The van der Waals surface area contributed by atoms with Crippen molar-refractivity contribution in [2.24, 2.45) is 0 Å². The first kappa shape index (κ1) is 106. The second-order valence-corrected chi connectivity index (χ2v) is 39.9. The summed E-state index contributed by atoms with van der Waals surface area (Å²) in [5, 5.41) is 24.6. The van der Waals surface area contributed by atoms with Crippen LogP contribution in [0.4, 0.5) is 50.4 Å². The van der Waals surface area contributed by atoms with Gasteiger partial charge in [0.05, 0.1) is 75.0 Å². The number of carbonyl (C=O) groups is 5. The van der Waals surface area contributed by atoms with Gasteiger partial charge in [0.15, 0.2) is 0 Å². The van der Waals surface area contributed by atoms with Crippen LogP contribution in [0.25, 0.3) is 0 Å². The molecule has 18 nitrogen and oxygen atoms in total. The van der Waals surface area contributed by atoms with Crippen molar-refractivity contribution in [3.8, 4) is 41.1 Å². The number of halogens is 5. The number of alkyl halides is 5. The van der Waals surface area contributed by atoms with Crippen molar-refractivity contribution >= 4 is 58.0 Å². The topological polar surface area (TPSA) is 238 Å². The standard InChI is InChI=1S/C24H31NO2.C24H27NO2.C23H24F5NO3.C23H29NO2.C21H27N3O2/c2*1-5-24(2,3)20-13-11-17(12-14-20)23(26)25-21-15-18-9-7-6-8-10-19(18)16-22(21)27-4;1-21(24,25)22(31,23(26,27)28)17-10-8-14(9-11-17)20(30)29-18-12-15-6-4-3-5-7-16(15)13-19(18)32-2;1-23(2,3)19-12-10-16(11-13-19)22(25)24-20-14-17-8-6-5-7-9-18(17)15-21(20)26-4;1-21(2,3)20-22-12-16(13-23-20)19(25)24-17-10-14-8-6-5-7-9-15(14)11-18(17)26-4/h11-16H,5-10H2,1-4H3,(H,25,26);1,11-16H,6-10H2,2-4H3,(H,25,26);8-13,31H,3-7H2,1-2H3,(H,29,30);10-15H,5-9H2,1-4H3,(H,24,25);10-13H,5-9H2,1-4H3,(H,24,25). The Labute approximate surface area is 812 Å². The van der Waals surface area contributed by atoms with E-state index < -0.39 is 29.2 Å². The Hall–Kier alpha value is -12.4. The Balaban J connectivity index is 0.000000166. The van der Waals surface area contributed by atoms with Gasteiger partial charge in [0.2, 0.25) is 5.60 Å². The number of hydrogen-bond acceptors (Lipinski definition) is 13. The molecule has 9 aromatic carbocycles. The number of aromatic nitrogens is 2. The second-order valence-electron chi connectivity index (χ2n) is 39.9. The molecule has 23 heteroatoms. The van der Waals surface area contributed by atoms with Crippen molar-refractivity contribution in [1.29, 1.82) is 0 Å². The van der Waals surface area contributed by atoms with Crippen molar-refractivity contribution in [3.63, 3.8) is 0 Å². The molecule has 0 fully saturated rings. The first-order valence-electron chi connectivity index (χ1n) is 48.5. The van der Waals surface area contributed by atoms with Crippen molar-refractivity contribution in [3.05, 3.63) is 282 Å². The first-order chi connectivity index (χ1) is 65.5. The summed E-state index contributed by atoms with van der Waals surface area (Å²) in [6.07, 6.45) is 32.4. The molecule has 6 N–H and O–H groups in total. The number of nitrogens with one attached hydrogen (secondary N) is 5. The molecule has 0 saturated heterocycles. The average Bonchev–Trinajstić information content (AvgIpc) is 0.759. The number of fused-ring (bicyclic) bond motifs is 5. The molecule has 0 aliphatic heterocycles. The molecule has 5 amide bonds. The SMILES string of the molecule is C#CC(C)(C)c1ccc(C(=O)Nc2cc3c(cc2OC)CCCCC3)cc1.CCC(C)(C)c1ccc(C(=O)Nc2cc3c(cc2OC)CCCCC3)cc1.COc1cc2c(cc1NC(=O)c1ccc(C(C)(C)C)cc1)CCCCC2.COc1cc2c(cc1NC(=O)c1ccc(C(O)(C(C)(F)F)C(F)(F)F)cc1)CCCCC2.COc1cc2c(cc1NC(=O)c1cnc(C(C)(C)C)nc1)CCCCC2. The number of ether oxygens (including phenoxy) is 5. The molecular weight excluding hydrogens is 1750 g/mol. The number of carbonyl (C=O) groups excluding carboxylic acids is 5. The quantitative estimate of drug-likeness (QED) is 0.0237. The first-order valence-corrected chi connectivity index (χ1v) is 48.5. The highest BCUT2D eigenvalue weighted by Gasteiger charge is 2.68. The number of nitrogens with zero attached hydrogens (tertiary/aromatic N) is 2. The molecule has 0 bridgehead atoms. The Morgan fingerprint density at radius 3 is 0.761 bits per heavy atom. The predicted molar refractivity (Wildman–Crippen MR) is 542 cm³/mol. The lowest BCUT2D eigenvalue weighted by Gasteiger charge is -2.35. The van der Waals surface area contributed by atoms with E-state index in [4.69, 9.17) is 30.1 Å². The number of terminal acetylenes is 1. The van der Waals surface area contributed by atoms with Crippen LogP contribution in [-0.4, -0.2) is 92.3 Å². The minimum atomic E-state index is -5.62. The van der Waals surface area contributed by atoms with Crippen LogP contribution in [0, 0.1) is 12.3 Å². The average molecular weight is 1890 g/mol. The van der Waals surface area contributed by atoms with Gasteiger partial charge in [-0.25, -0.2) is 18.7 Å². The molecule has 5 aliphatic carbocycles. The van der Waals surface area contributed by atoms with Gasteiger partial charge < -0.3 is 55.4 Å². The number of aliphatic hydroxyl groups is 1. The summed E-state index contributed by atoms with van der Waals surface area (Å²) >= 11 is 0. The van der Waals surface area contributed by atoms with E-state index in [0.29, 0.717) is 63.0 Å². The van der Waals surface area contributed by atoms with Crippen molar-refractivity contribution < 1.29 is 74.7 Å². The van der Waals surface area contributed by atoms with Gasteiger partial charge in [0.25, 0.3) is 35.5 Å². The molecule has 10 aromatic rings. The zero-order valence-corrected chi connectivity index (χ0v) is 83.4. The molecule has 1 unspecified atom stereocenters. The lowest BCUT2D eigenvalue weighted by molar-refractivity contribution is -0.335. The van der Waals surface area contributed by atoms with Crippen LogP contribution >= 0.6 is 0 Å². The van der Waals surface area contributed by atoms with Crippen LogP contribution in [0.1, 0.15) is 321 Å². The molecule has 1 aromatic heterocycles. The maximum atomic E-state index is 13.7. The fraction of sp³-hybridized carbons (Fsp3) is 0.435. The van der Waals surface area contributed by atoms with E-state index in [-0.39, 0.29) is 57.8 Å². The number of methoxy groups -OCH3 is 5. The Morgan fingerprint density at radius 2 is 0.551 bits per heavy atom. The van der Waals surface area contributed by atoms with E-state index >= 15 is 0 Å². The number of benzene rings is 9. The van der Waals surface area contributed by atoms with E-state index in [2.05, 4.69) is 145 Å².